The molecule has 0 aliphatic carbocycles. The first-order chi connectivity index (χ1) is 13.9. The van der Waals surface area contributed by atoms with E-state index in [0.717, 1.165) is 22.9 Å². The van der Waals surface area contributed by atoms with Gasteiger partial charge in [-0.05, 0) is 54.6 Å². The molecule has 29 heavy (non-hydrogen) atoms. The largest absolute Gasteiger partial charge is 0.484 e. The van der Waals surface area contributed by atoms with Gasteiger partial charge in [-0.1, -0.05) is 29.8 Å². The van der Waals surface area contributed by atoms with Gasteiger partial charge >= 0.3 is 0 Å². The van der Waals surface area contributed by atoms with Crippen molar-refractivity contribution in [2.75, 3.05) is 11.9 Å². The Morgan fingerprint density at radius 3 is 2.41 bits per heavy atom. The quantitative estimate of drug-likeness (QED) is 0.740. The molecule has 0 radical (unpaired) electrons. The van der Waals surface area contributed by atoms with Crippen LogP contribution in [0.15, 0.2) is 58.4 Å². The number of carbonyl (C=O) groups is 3. The third-order valence-electron chi connectivity index (χ3n) is 3.79. The van der Waals surface area contributed by atoms with E-state index < -0.39 is 5.91 Å². The van der Waals surface area contributed by atoms with Gasteiger partial charge in [0.2, 0.25) is 5.91 Å². The number of aryl methyl sites for hydroxylation is 1. The van der Waals surface area contributed by atoms with Gasteiger partial charge in [0.25, 0.3) is 11.8 Å². The van der Waals surface area contributed by atoms with Crippen LogP contribution in [0.1, 0.15) is 18.1 Å². The summed E-state index contributed by atoms with van der Waals surface area (Å²) in [6.07, 6.45) is 1.68. The molecule has 0 unspecified atom stereocenters. The molecule has 0 fully saturated rings. The van der Waals surface area contributed by atoms with Crippen molar-refractivity contribution in [1.82, 2.24) is 5.32 Å². The zero-order valence-corrected chi connectivity index (χ0v) is 16.7. The number of anilines is 1. The van der Waals surface area contributed by atoms with Crippen LogP contribution in [-0.2, 0) is 14.4 Å². The Morgan fingerprint density at radius 1 is 1.07 bits per heavy atom. The molecule has 0 bridgehead atoms. The summed E-state index contributed by atoms with van der Waals surface area (Å²) in [5.41, 5.74) is 2.60. The lowest BCUT2D eigenvalue weighted by molar-refractivity contribution is -0.118. The number of amides is 3. The second kappa shape index (κ2) is 9.20. The minimum Gasteiger partial charge on any atom is -0.484 e. The average Bonchev–Trinajstić information content (AvgIpc) is 3.01. The van der Waals surface area contributed by atoms with Gasteiger partial charge in [-0.3, -0.25) is 14.4 Å². The van der Waals surface area contributed by atoms with Gasteiger partial charge in [-0.15, -0.1) is 0 Å². The lowest BCUT2D eigenvalue weighted by atomic mass is 10.2. The van der Waals surface area contributed by atoms with Gasteiger partial charge in [0.15, 0.2) is 11.8 Å². The predicted molar refractivity (Wildman–Crippen MR) is 114 cm³/mol. The number of ether oxygens (including phenoxy) is 1. The van der Waals surface area contributed by atoms with Crippen molar-refractivity contribution in [3.8, 4) is 5.75 Å². The van der Waals surface area contributed by atoms with Gasteiger partial charge in [-0.2, -0.15) is 4.99 Å². The monoisotopic (exact) mass is 409 g/mol. The van der Waals surface area contributed by atoms with Crippen molar-refractivity contribution in [2.24, 2.45) is 4.99 Å². The van der Waals surface area contributed by atoms with Crippen LogP contribution in [0.2, 0.25) is 0 Å². The first-order valence-electron chi connectivity index (χ1n) is 8.78. The molecule has 0 saturated carbocycles. The van der Waals surface area contributed by atoms with Gasteiger partial charge in [-0.25, -0.2) is 0 Å². The van der Waals surface area contributed by atoms with Gasteiger partial charge < -0.3 is 15.4 Å². The van der Waals surface area contributed by atoms with Crippen LogP contribution in [0.4, 0.5) is 5.69 Å². The van der Waals surface area contributed by atoms with Crippen LogP contribution >= 0.6 is 11.8 Å². The number of hydrogen-bond donors (Lipinski definition) is 2. The fourth-order valence-corrected chi connectivity index (χ4v) is 3.27. The van der Waals surface area contributed by atoms with Gasteiger partial charge in [0.1, 0.15) is 5.75 Å². The van der Waals surface area contributed by atoms with E-state index in [4.69, 9.17) is 4.74 Å². The number of carbonyl (C=O) groups excluding carboxylic acids is 3. The first kappa shape index (κ1) is 20.3. The Morgan fingerprint density at radius 2 is 1.76 bits per heavy atom. The minimum absolute atomic E-state index is 0.115. The molecule has 3 amide bonds. The SMILES string of the molecule is CC(=O)NC1=NC(=O)/C(=C/c2ccc(OCC(=O)Nc3ccc(C)cc3)cc2)S1. The normalized spacial score (nSPS) is 14.5. The van der Waals surface area contributed by atoms with Crippen molar-refractivity contribution >= 4 is 46.4 Å². The maximum atomic E-state index is 12.0. The Balaban J connectivity index is 1.52. The average molecular weight is 409 g/mol. The van der Waals surface area contributed by atoms with E-state index in [1.165, 1.54) is 6.92 Å². The smallest absolute Gasteiger partial charge is 0.286 e. The summed E-state index contributed by atoms with van der Waals surface area (Å²) in [6, 6.07) is 14.5. The number of rotatable bonds is 5. The molecule has 1 aliphatic rings. The van der Waals surface area contributed by atoms with E-state index in [2.05, 4.69) is 15.6 Å². The minimum atomic E-state index is -0.396. The highest BCUT2D eigenvalue weighted by Crippen LogP contribution is 2.27. The fourth-order valence-electron chi connectivity index (χ4n) is 2.41. The summed E-state index contributed by atoms with van der Waals surface area (Å²) in [5.74, 6) is -0.396. The molecule has 2 aromatic carbocycles. The third-order valence-corrected chi connectivity index (χ3v) is 4.69. The van der Waals surface area contributed by atoms with Crippen LogP contribution in [-0.4, -0.2) is 29.5 Å². The molecule has 3 rings (SSSR count). The number of thioether (sulfide) groups is 1. The molecule has 0 aromatic heterocycles. The summed E-state index contributed by atoms with van der Waals surface area (Å²) in [4.78, 5) is 39.1. The molecule has 1 heterocycles. The fraction of sp³-hybridized carbons (Fsp3) is 0.143. The maximum Gasteiger partial charge on any atom is 0.286 e. The van der Waals surface area contributed by atoms with Gasteiger partial charge in [0.05, 0.1) is 4.91 Å². The highest BCUT2D eigenvalue weighted by molar-refractivity contribution is 8.18. The second-order valence-corrected chi connectivity index (χ2v) is 7.32. The summed E-state index contributed by atoms with van der Waals surface area (Å²) in [6.45, 7) is 3.22. The molecular weight excluding hydrogens is 390 g/mol. The number of nitrogens with one attached hydrogen (secondary N) is 2. The lowest BCUT2D eigenvalue weighted by Gasteiger charge is -2.08. The number of aliphatic imine (C=N–C) groups is 1. The van der Waals surface area contributed by atoms with Crippen LogP contribution < -0.4 is 15.4 Å². The van der Waals surface area contributed by atoms with Crippen LogP contribution in [0.5, 0.6) is 5.75 Å². The van der Waals surface area contributed by atoms with Crippen LogP contribution in [0.25, 0.3) is 6.08 Å². The predicted octanol–water partition coefficient (Wildman–Crippen LogP) is 3.12. The van der Waals surface area contributed by atoms with Crippen molar-refractivity contribution in [2.45, 2.75) is 13.8 Å². The Labute approximate surface area is 172 Å². The molecule has 0 saturated heterocycles. The van der Waals surface area contributed by atoms with E-state index in [-0.39, 0.29) is 23.6 Å². The zero-order valence-electron chi connectivity index (χ0n) is 15.9. The van der Waals surface area contributed by atoms with E-state index >= 15 is 0 Å². The van der Waals surface area contributed by atoms with Gasteiger partial charge in [0, 0.05) is 12.6 Å². The Kier molecular flexibility index (Phi) is 6.46. The molecule has 2 aromatic rings. The Hall–Kier alpha value is -3.39. The summed E-state index contributed by atoms with van der Waals surface area (Å²) < 4.78 is 5.50. The standard InChI is InChI=1S/C21H19N3O4S/c1-13-3-7-16(8-4-13)23-19(26)12-28-17-9-5-15(6-10-17)11-18-20(27)24-21(29-18)22-14(2)25/h3-11H,12H2,1-2H3,(H,23,26)(H,22,24,25,27)/b18-11-. The molecule has 8 heteroatoms. The Bertz CT molecular complexity index is 996. The maximum absolute atomic E-state index is 12.0. The van der Waals surface area contributed by atoms with Crippen molar-refractivity contribution in [1.29, 1.82) is 0 Å². The van der Waals surface area contributed by atoms with Crippen molar-refractivity contribution < 1.29 is 19.1 Å². The third kappa shape index (κ3) is 6.05. The van der Waals surface area contributed by atoms with Crippen molar-refractivity contribution in [3.63, 3.8) is 0 Å². The van der Waals surface area contributed by atoms with E-state index in [9.17, 15) is 14.4 Å². The first-order valence-corrected chi connectivity index (χ1v) is 9.60. The lowest BCUT2D eigenvalue weighted by Crippen LogP contribution is -2.23. The molecule has 0 spiro atoms. The van der Waals surface area contributed by atoms with Crippen LogP contribution in [0.3, 0.4) is 0 Å². The molecule has 1 aliphatic heterocycles. The van der Waals surface area contributed by atoms with E-state index in [1.807, 2.05) is 31.2 Å². The van der Waals surface area contributed by atoms with Crippen molar-refractivity contribution in [3.05, 3.63) is 64.6 Å². The number of nitrogens with zero attached hydrogens (tertiary/aromatic N) is 1. The molecule has 7 nitrogen and oxygen atoms in total. The number of benzene rings is 2. The highest BCUT2D eigenvalue weighted by atomic mass is 32.2. The number of hydrogen-bond acceptors (Lipinski definition) is 5. The highest BCUT2D eigenvalue weighted by Gasteiger charge is 2.22. The van der Waals surface area contributed by atoms with E-state index in [1.54, 1.807) is 30.3 Å². The molecule has 2 N–H and O–H groups in total. The summed E-state index contributed by atoms with van der Waals surface area (Å²) in [7, 11) is 0. The zero-order chi connectivity index (χ0) is 20.8. The molecular formula is C21H19N3O4S. The molecule has 148 valence electrons. The molecule has 0 atom stereocenters. The summed E-state index contributed by atoms with van der Waals surface area (Å²) >= 11 is 1.11. The summed E-state index contributed by atoms with van der Waals surface area (Å²) in [5, 5.41) is 5.54. The van der Waals surface area contributed by atoms with E-state index in [0.29, 0.717) is 16.3 Å². The second-order valence-electron chi connectivity index (χ2n) is 6.29. The topological polar surface area (TPSA) is 96.9 Å². The number of amidine groups is 1. The van der Waals surface area contributed by atoms with Crippen LogP contribution in [0, 0.1) is 6.92 Å².